The number of carbonyl (C=O) groups excluding carboxylic acids is 4. The number of fused-ring (bicyclic) bond motifs is 3. The molecule has 312 valence electrons. The Bertz CT molecular complexity index is 2000. The second-order valence-corrected chi connectivity index (χ2v) is 17.0. The molecule has 5 atom stereocenters. The molecule has 4 fully saturated rings. The molecule has 1 saturated heterocycles. The highest BCUT2D eigenvalue weighted by Crippen LogP contribution is 2.58. The Balaban J connectivity index is 1.01. The van der Waals surface area contributed by atoms with E-state index in [4.69, 9.17) is 24.2 Å². The summed E-state index contributed by atoms with van der Waals surface area (Å²) in [5, 5.41) is 5.37. The highest BCUT2D eigenvalue weighted by Gasteiger charge is 2.51. The zero-order chi connectivity index (χ0) is 41.4. The van der Waals surface area contributed by atoms with Crippen LogP contribution in [-0.4, -0.2) is 106 Å². The lowest BCUT2D eigenvalue weighted by atomic mass is 9.51. The highest BCUT2D eigenvalue weighted by atomic mass is 16.5. The van der Waals surface area contributed by atoms with Gasteiger partial charge in [0.25, 0.3) is 0 Å². The van der Waals surface area contributed by atoms with E-state index in [1.807, 2.05) is 44.1 Å². The van der Waals surface area contributed by atoms with Gasteiger partial charge >= 0.3 is 12.2 Å². The minimum Gasteiger partial charge on any atom is -0.453 e. The predicted octanol–water partition coefficient (Wildman–Crippen LogP) is 5.98. The number of H-pyrrole nitrogens is 2. The largest absolute Gasteiger partial charge is 0.453 e. The average Bonchev–Trinajstić information content (AvgIpc) is 4.09. The Labute approximate surface area is 340 Å². The molecule has 4 N–H and O–H groups in total. The molecular weight excluding hydrogens is 741 g/mol. The van der Waals surface area contributed by atoms with Crippen molar-refractivity contribution in [3.8, 4) is 11.3 Å². The molecule has 2 bridgehead atoms. The van der Waals surface area contributed by atoms with Crippen LogP contribution in [0.5, 0.6) is 0 Å². The summed E-state index contributed by atoms with van der Waals surface area (Å²) < 4.78 is 15.0. The van der Waals surface area contributed by atoms with Gasteiger partial charge in [0.1, 0.15) is 29.8 Å². The number of benzene rings is 1. The van der Waals surface area contributed by atoms with E-state index in [1.165, 1.54) is 26.9 Å². The maximum Gasteiger partial charge on any atom is 0.407 e. The Kier molecular flexibility index (Phi) is 11.7. The highest BCUT2D eigenvalue weighted by molar-refractivity contribution is 5.87. The van der Waals surface area contributed by atoms with Crippen molar-refractivity contribution in [3.63, 3.8) is 0 Å². The van der Waals surface area contributed by atoms with Crippen molar-refractivity contribution in [1.29, 1.82) is 0 Å². The number of likely N-dealkylation sites (tertiary alicyclic amines) is 1. The van der Waals surface area contributed by atoms with Gasteiger partial charge in [-0.05, 0) is 87.7 Å². The summed E-state index contributed by atoms with van der Waals surface area (Å²) in [6.45, 7) is 8.59. The Morgan fingerprint density at radius 2 is 1.40 bits per heavy atom. The van der Waals surface area contributed by atoms with E-state index in [-0.39, 0.29) is 40.6 Å². The number of hydrogen-bond acceptors (Lipinski definition) is 9. The standard InChI is InChI=1S/C43H58N8O7/c1-25(2)34(48-40(54)57-6)38(52)51-24-26(3)21-32(51)37-44-22-30(46-37)28-10-12-29(13-11-28)42-14-17-43(18-15-42,19-16-42)33-23-45-36(47-33)31-9-8-20-50(31)39(53)35(27(4)56-5)49-41(55)58-7/h10-13,21-23,25,27,31-32,34-35H,8-9,14-20,24H2,1-7H3,(H,44,46)(H,45,47)(H,48,54)(H,49,55)/t27-,31+,32+,34+,35+,42?,43?/m1/s1. The second kappa shape index (κ2) is 16.6. The van der Waals surface area contributed by atoms with Gasteiger partial charge in [0.2, 0.25) is 11.8 Å². The molecule has 0 unspecified atom stereocenters. The average molecular weight is 799 g/mol. The summed E-state index contributed by atoms with van der Waals surface area (Å²) in [5.74, 6) is 0.960. The molecule has 4 amide bonds. The number of alkyl carbamates (subject to hydrolysis) is 2. The molecule has 2 aromatic heterocycles. The summed E-state index contributed by atoms with van der Waals surface area (Å²) in [6, 6.07) is 6.70. The first kappa shape index (κ1) is 41.0. The lowest BCUT2D eigenvalue weighted by Crippen LogP contribution is -2.54. The quantitative estimate of drug-likeness (QED) is 0.160. The monoisotopic (exact) mass is 798 g/mol. The van der Waals surface area contributed by atoms with Crippen LogP contribution in [0.25, 0.3) is 11.3 Å². The molecule has 1 aromatic carbocycles. The van der Waals surface area contributed by atoms with E-state index in [1.54, 1.807) is 11.8 Å². The number of ether oxygens (including phenoxy) is 3. The maximum atomic E-state index is 13.8. The van der Waals surface area contributed by atoms with Gasteiger partial charge in [0, 0.05) is 37.5 Å². The van der Waals surface area contributed by atoms with Gasteiger partial charge in [-0.25, -0.2) is 19.6 Å². The summed E-state index contributed by atoms with van der Waals surface area (Å²) in [6.07, 6.45) is 12.1. The lowest BCUT2D eigenvalue weighted by molar-refractivity contribution is -0.137. The number of rotatable bonds is 12. The van der Waals surface area contributed by atoms with E-state index in [2.05, 4.69) is 44.9 Å². The topological polar surface area (TPSA) is 184 Å². The summed E-state index contributed by atoms with van der Waals surface area (Å²) >= 11 is 0. The fourth-order valence-corrected chi connectivity index (χ4v) is 9.73. The first-order valence-corrected chi connectivity index (χ1v) is 20.5. The number of hydrogen-bond donors (Lipinski definition) is 4. The second-order valence-electron chi connectivity index (χ2n) is 17.0. The number of carbonyl (C=O) groups is 4. The van der Waals surface area contributed by atoms with Gasteiger partial charge in [-0.15, -0.1) is 0 Å². The van der Waals surface area contributed by atoms with Crippen LogP contribution in [0, 0.1) is 5.92 Å². The van der Waals surface area contributed by atoms with Gasteiger partial charge in [-0.1, -0.05) is 49.8 Å². The number of nitrogens with zero attached hydrogens (tertiary/aromatic N) is 4. The smallest absolute Gasteiger partial charge is 0.407 e. The summed E-state index contributed by atoms with van der Waals surface area (Å²) in [5.41, 5.74) is 5.62. The van der Waals surface area contributed by atoms with Gasteiger partial charge in [-0.3, -0.25) is 9.59 Å². The molecule has 0 spiro atoms. The minimum atomic E-state index is -0.870. The summed E-state index contributed by atoms with van der Waals surface area (Å²) in [7, 11) is 4.09. The Hall–Kier alpha value is -5.18. The number of methoxy groups -OCH3 is 3. The van der Waals surface area contributed by atoms with Crippen LogP contribution in [0.2, 0.25) is 0 Å². The molecule has 0 radical (unpaired) electrons. The molecule has 3 aromatic rings. The third kappa shape index (κ3) is 7.72. The van der Waals surface area contributed by atoms with Crippen LogP contribution in [-0.2, 0) is 34.6 Å². The Morgan fingerprint density at radius 3 is 2.02 bits per heavy atom. The van der Waals surface area contributed by atoms with Crippen molar-refractivity contribution >= 4 is 24.0 Å². The van der Waals surface area contributed by atoms with E-state index in [0.717, 1.165) is 79.7 Å². The maximum absolute atomic E-state index is 13.8. The normalized spacial score (nSPS) is 25.6. The van der Waals surface area contributed by atoms with E-state index in [0.29, 0.717) is 18.9 Å². The van der Waals surface area contributed by atoms with E-state index < -0.39 is 30.4 Å². The molecule has 3 saturated carbocycles. The SMILES string of the molecule is COC(=O)N[C@H](C(=O)N1CC(C)=C[C@H]1c1ncc(-c2ccc(C34CCC(c5cnc([C@@H]6CCCN6C(=O)[C@@H](NC(=O)OC)[C@@H](C)OC)[nH]5)(CC3)CC4)cc2)[nH]1)C(C)C. The number of aromatic amines is 2. The van der Waals surface area contributed by atoms with Crippen LogP contribution < -0.4 is 10.6 Å². The molecule has 58 heavy (non-hydrogen) atoms. The zero-order valence-corrected chi connectivity index (χ0v) is 34.7. The molecule has 15 heteroatoms. The van der Waals surface area contributed by atoms with Gasteiger partial charge in [-0.2, -0.15) is 0 Å². The minimum absolute atomic E-state index is 0.0269. The molecule has 15 nitrogen and oxygen atoms in total. The van der Waals surface area contributed by atoms with E-state index in [9.17, 15) is 19.2 Å². The zero-order valence-electron chi connectivity index (χ0n) is 34.7. The number of aromatic nitrogens is 4. The third-order valence-corrected chi connectivity index (χ3v) is 13.4. The van der Waals surface area contributed by atoms with Gasteiger partial charge < -0.3 is 44.6 Å². The van der Waals surface area contributed by atoms with E-state index >= 15 is 0 Å². The first-order chi connectivity index (χ1) is 27.8. The van der Waals surface area contributed by atoms with Crippen LogP contribution in [0.3, 0.4) is 0 Å². The molecule has 2 aliphatic heterocycles. The van der Waals surface area contributed by atoms with Crippen molar-refractivity contribution in [1.82, 2.24) is 40.4 Å². The van der Waals surface area contributed by atoms with Gasteiger partial charge in [0.05, 0.1) is 38.3 Å². The predicted molar refractivity (Wildman–Crippen MR) is 216 cm³/mol. The first-order valence-electron chi connectivity index (χ1n) is 20.5. The van der Waals surface area contributed by atoms with Gasteiger partial charge in [0.15, 0.2) is 0 Å². The molecular formula is C43H58N8O7. The molecule has 8 rings (SSSR count). The molecule has 3 aliphatic carbocycles. The third-order valence-electron chi connectivity index (χ3n) is 13.4. The number of imidazole rings is 2. The molecule has 5 aliphatic rings. The van der Waals surface area contributed by atoms with Crippen molar-refractivity contribution in [2.75, 3.05) is 34.4 Å². The fourth-order valence-electron chi connectivity index (χ4n) is 9.73. The van der Waals surface area contributed by atoms with Crippen LogP contribution in [0.4, 0.5) is 9.59 Å². The summed E-state index contributed by atoms with van der Waals surface area (Å²) in [4.78, 5) is 71.9. The number of nitrogens with one attached hydrogen (secondary N) is 4. The molecule has 4 heterocycles. The Morgan fingerprint density at radius 1 is 0.793 bits per heavy atom. The fraction of sp³-hybridized carbons (Fsp3) is 0.581. The van der Waals surface area contributed by atoms with Crippen LogP contribution >= 0.6 is 0 Å². The van der Waals surface area contributed by atoms with Crippen molar-refractivity contribution < 1.29 is 33.4 Å². The van der Waals surface area contributed by atoms with Crippen molar-refractivity contribution in [2.24, 2.45) is 5.92 Å². The van der Waals surface area contributed by atoms with Crippen LogP contribution in [0.15, 0.2) is 48.3 Å². The van der Waals surface area contributed by atoms with Crippen molar-refractivity contribution in [3.05, 3.63) is 71.2 Å². The van der Waals surface area contributed by atoms with Crippen molar-refractivity contribution in [2.45, 2.75) is 120 Å². The van der Waals surface area contributed by atoms with Crippen LogP contribution in [0.1, 0.15) is 114 Å². The lowest BCUT2D eigenvalue weighted by Gasteiger charge is -2.53. The number of amides is 4.